The van der Waals surface area contributed by atoms with Crippen molar-refractivity contribution in [1.29, 1.82) is 5.26 Å². The third-order valence-electron chi connectivity index (χ3n) is 6.19. The van der Waals surface area contributed by atoms with Crippen LogP contribution in [0.25, 0.3) is 53.3 Å². The van der Waals surface area contributed by atoms with Crippen molar-refractivity contribution in [2.45, 2.75) is 6.92 Å². The second kappa shape index (κ2) is 6.72. The molecule has 0 bridgehead atoms. The van der Waals surface area contributed by atoms with Gasteiger partial charge in [0.05, 0.1) is 46.8 Å². The molecule has 33 heavy (non-hydrogen) atoms. The normalized spacial score (nSPS) is 11.1. The van der Waals surface area contributed by atoms with Gasteiger partial charge in [0.1, 0.15) is 0 Å². The van der Waals surface area contributed by atoms with Crippen LogP contribution in [0.3, 0.4) is 0 Å². The lowest BCUT2D eigenvalue weighted by molar-refractivity contribution is 0.775. The molecule has 2 aromatic heterocycles. The maximum Gasteiger partial charge on any atom is 0.188 e. The van der Waals surface area contributed by atoms with E-state index < -0.39 is 0 Å². The van der Waals surface area contributed by atoms with E-state index in [-0.39, 0.29) is 0 Å². The number of aryl methyl sites for hydroxylation is 1. The van der Waals surface area contributed by atoms with Gasteiger partial charge in [0.25, 0.3) is 0 Å². The molecule has 6 rings (SSSR count). The lowest BCUT2D eigenvalue weighted by Gasteiger charge is -2.13. The molecule has 0 saturated heterocycles. The molecule has 0 aliphatic heterocycles. The molecule has 0 aliphatic carbocycles. The summed E-state index contributed by atoms with van der Waals surface area (Å²) in [4.78, 5) is 7.25. The first-order valence-corrected chi connectivity index (χ1v) is 10.4. The molecule has 5 heteroatoms. The lowest BCUT2D eigenvalue weighted by Crippen LogP contribution is -2.08. The fourth-order valence-electron chi connectivity index (χ4n) is 4.73. The van der Waals surface area contributed by atoms with Crippen molar-refractivity contribution in [3.8, 4) is 6.07 Å². The van der Waals surface area contributed by atoms with E-state index in [1.54, 1.807) is 0 Å². The summed E-state index contributed by atoms with van der Waals surface area (Å²) in [5.74, 6) is 0. The van der Waals surface area contributed by atoms with Crippen LogP contribution in [0.4, 0.5) is 11.4 Å². The minimum atomic E-state index is 0.559. The van der Waals surface area contributed by atoms with Crippen LogP contribution in [0.5, 0.6) is 0 Å². The van der Waals surface area contributed by atoms with Crippen molar-refractivity contribution in [3.05, 3.63) is 107 Å². The Morgan fingerprint density at radius 1 is 0.636 bits per heavy atom. The van der Waals surface area contributed by atoms with Gasteiger partial charge in [-0.3, -0.25) is 0 Å². The first-order valence-electron chi connectivity index (χ1n) is 10.4. The Morgan fingerprint density at radius 3 is 1.61 bits per heavy atom. The molecule has 0 saturated carbocycles. The Hall–Kier alpha value is -5.05. The molecule has 5 nitrogen and oxygen atoms in total. The summed E-state index contributed by atoms with van der Waals surface area (Å²) in [6.07, 6.45) is 0. The van der Waals surface area contributed by atoms with E-state index in [2.05, 4.69) is 50.2 Å². The highest BCUT2D eigenvalue weighted by Gasteiger charge is 2.18. The summed E-state index contributed by atoms with van der Waals surface area (Å²) in [6, 6.07) is 25.7. The summed E-state index contributed by atoms with van der Waals surface area (Å²) in [7, 11) is 0. The molecule has 0 atom stereocenters. The number of rotatable bonds is 1. The molecular weight excluding hydrogens is 406 g/mol. The van der Waals surface area contributed by atoms with Crippen LogP contribution in [0, 0.1) is 31.4 Å². The molecule has 0 N–H and O–H groups in total. The number of nitrogens with zero attached hydrogens (tertiary/aromatic N) is 5. The average Bonchev–Trinajstić information content (AvgIpc) is 3.34. The van der Waals surface area contributed by atoms with Gasteiger partial charge >= 0.3 is 0 Å². The SMILES string of the molecule is [C-]#[N+]c1ccc2c(c1)c1cc(C)ccc1n2-n1c2ccc(C#N)cc2c2cc([N+]#[C-])ccc21. The average molecular weight is 421 g/mol. The summed E-state index contributed by atoms with van der Waals surface area (Å²) < 4.78 is 4.32. The lowest BCUT2D eigenvalue weighted by atomic mass is 10.1. The first kappa shape index (κ1) is 18.7. The Balaban J connectivity index is 1.86. The molecule has 0 unspecified atom stereocenters. The van der Waals surface area contributed by atoms with Gasteiger partial charge in [-0.15, -0.1) is 0 Å². The van der Waals surface area contributed by atoms with Crippen molar-refractivity contribution < 1.29 is 0 Å². The predicted molar refractivity (Wildman–Crippen MR) is 132 cm³/mol. The predicted octanol–water partition coefficient (Wildman–Crippen LogP) is 7.50. The van der Waals surface area contributed by atoms with E-state index in [0.29, 0.717) is 16.9 Å². The van der Waals surface area contributed by atoms with E-state index in [1.165, 1.54) is 0 Å². The zero-order valence-electron chi connectivity index (χ0n) is 17.7. The molecule has 152 valence electrons. The molecular formula is C28H15N5. The van der Waals surface area contributed by atoms with Gasteiger partial charge in [0, 0.05) is 10.8 Å². The third kappa shape index (κ3) is 2.56. The van der Waals surface area contributed by atoms with Crippen LogP contribution in [-0.4, -0.2) is 9.35 Å². The highest BCUT2D eigenvalue weighted by atomic mass is 15.5. The molecule has 6 aromatic rings. The fraction of sp³-hybridized carbons (Fsp3) is 0.0357. The monoisotopic (exact) mass is 421 g/mol. The number of hydrogen-bond donors (Lipinski definition) is 0. The van der Waals surface area contributed by atoms with Crippen LogP contribution >= 0.6 is 0 Å². The van der Waals surface area contributed by atoms with Gasteiger partial charge in [-0.2, -0.15) is 5.26 Å². The number of nitriles is 1. The molecule has 0 radical (unpaired) electrons. The van der Waals surface area contributed by atoms with Gasteiger partial charge in [0.2, 0.25) is 0 Å². The van der Waals surface area contributed by atoms with E-state index >= 15 is 0 Å². The Labute approximate surface area is 189 Å². The summed E-state index contributed by atoms with van der Waals surface area (Å²) in [5.41, 5.74) is 6.79. The molecule has 4 aromatic carbocycles. The minimum Gasteiger partial charge on any atom is -0.248 e. The van der Waals surface area contributed by atoms with Crippen LogP contribution in [0.15, 0.2) is 72.8 Å². The Bertz CT molecular complexity index is 1840. The molecule has 0 spiro atoms. The fourth-order valence-corrected chi connectivity index (χ4v) is 4.73. The number of benzene rings is 4. The Morgan fingerprint density at radius 2 is 1.09 bits per heavy atom. The van der Waals surface area contributed by atoms with Crippen LogP contribution in [0.2, 0.25) is 0 Å². The van der Waals surface area contributed by atoms with E-state index in [4.69, 9.17) is 13.1 Å². The highest BCUT2D eigenvalue weighted by molar-refractivity contribution is 6.13. The summed E-state index contributed by atoms with van der Waals surface area (Å²) >= 11 is 0. The van der Waals surface area contributed by atoms with Gasteiger partial charge in [-0.25, -0.2) is 19.0 Å². The number of aromatic nitrogens is 2. The standard InChI is InChI=1S/C28H15N5/c1-17-4-8-25-21(12-17)23-14-19(30-2)6-10-27(23)32(25)33-26-9-5-18(16-29)13-22(26)24-15-20(31-3)7-11-28(24)33/h4-15H,1H3. The topological polar surface area (TPSA) is 42.4 Å². The van der Waals surface area contributed by atoms with Crippen molar-refractivity contribution in [2.24, 2.45) is 0 Å². The van der Waals surface area contributed by atoms with Gasteiger partial charge in [0.15, 0.2) is 11.4 Å². The zero-order chi connectivity index (χ0) is 22.7. The van der Waals surface area contributed by atoms with Crippen molar-refractivity contribution >= 4 is 55.0 Å². The quantitative estimate of drug-likeness (QED) is 0.254. The highest BCUT2D eigenvalue weighted by Crippen LogP contribution is 2.38. The minimum absolute atomic E-state index is 0.559. The smallest absolute Gasteiger partial charge is 0.188 e. The van der Waals surface area contributed by atoms with Gasteiger partial charge < -0.3 is 0 Å². The van der Waals surface area contributed by atoms with Crippen molar-refractivity contribution in [2.75, 3.05) is 0 Å². The summed E-state index contributed by atoms with van der Waals surface area (Å²) in [5, 5.41) is 13.4. The summed E-state index contributed by atoms with van der Waals surface area (Å²) in [6.45, 7) is 17.0. The van der Waals surface area contributed by atoms with Gasteiger partial charge in [-0.05, 0) is 72.3 Å². The van der Waals surface area contributed by atoms with E-state index in [0.717, 1.165) is 49.2 Å². The van der Waals surface area contributed by atoms with Crippen LogP contribution in [0.1, 0.15) is 11.1 Å². The second-order valence-electron chi connectivity index (χ2n) is 8.11. The molecule has 0 fully saturated rings. The third-order valence-corrected chi connectivity index (χ3v) is 6.19. The first-order chi connectivity index (χ1) is 16.1. The largest absolute Gasteiger partial charge is 0.248 e. The van der Waals surface area contributed by atoms with Gasteiger partial charge in [-0.1, -0.05) is 23.8 Å². The van der Waals surface area contributed by atoms with E-state index in [1.807, 2.05) is 54.6 Å². The van der Waals surface area contributed by atoms with E-state index in [9.17, 15) is 5.26 Å². The van der Waals surface area contributed by atoms with Crippen molar-refractivity contribution in [3.63, 3.8) is 0 Å². The maximum absolute atomic E-state index is 9.48. The second-order valence-corrected chi connectivity index (χ2v) is 8.11. The maximum atomic E-state index is 9.48. The molecule has 0 aliphatic rings. The number of hydrogen-bond acceptors (Lipinski definition) is 1. The number of fused-ring (bicyclic) bond motifs is 6. The van der Waals surface area contributed by atoms with Crippen LogP contribution in [-0.2, 0) is 0 Å². The van der Waals surface area contributed by atoms with Crippen LogP contribution < -0.4 is 0 Å². The zero-order valence-corrected chi connectivity index (χ0v) is 17.7. The molecule has 0 amide bonds. The Kier molecular flexibility index (Phi) is 3.81. The van der Waals surface area contributed by atoms with Crippen molar-refractivity contribution in [1.82, 2.24) is 9.35 Å². The molecule has 2 heterocycles.